The summed E-state index contributed by atoms with van der Waals surface area (Å²) in [5, 5.41) is 12.4. The Morgan fingerprint density at radius 3 is 2.45 bits per heavy atom. The smallest absolute Gasteiger partial charge is 0.126 e. The minimum Gasteiger partial charge on any atom is -0.507 e. The van der Waals surface area contributed by atoms with Crippen molar-refractivity contribution in [3.63, 3.8) is 0 Å². The van der Waals surface area contributed by atoms with Gasteiger partial charge in [-0.2, -0.15) is 0 Å². The lowest BCUT2D eigenvalue weighted by molar-refractivity contribution is 0.475. The summed E-state index contributed by atoms with van der Waals surface area (Å²) in [5.74, 6) is 0.411. The number of aromatic hydroxyl groups is 1. The van der Waals surface area contributed by atoms with Gasteiger partial charge in [0.2, 0.25) is 0 Å². The lowest BCUT2D eigenvalue weighted by Gasteiger charge is -2.11. The van der Waals surface area contributed by atoms with Gasteiger partial charge in [-0.1, -0.05) is 32.3 Å². The summed E-state index contributed by atoms with van der Waals surface area (Å²) in [6.45, 7) is 6.08. The third kappa shape index (κ3) is 3.26. The van der Waals surface area contributed by atoms with E-state index in [2.05, 4.69) is 43.1 Å². The van der Waals surface area contributed by atoms with E-state index in [0.717, 1.165) is 16.4 Å². The molecule has 0 heterocycles. The van der Waals surface area contributed by atoms with E-state index >= 15 is 0 Å². The van der Waals surface area contributed by atoms with E-state index in [-0.39, 0.29) is 0 Å². The minimum absolute atomic E-state index is 0.411. The molecule has 2 aromatic rings. The van der Waals surface area contributed by atoms with Crippen LogP contribution in [0.4, 0.5) is 0 Å². The van der Waals surface area contributed by atoms with Gasteiger partial charge in [0, 0.05) is 24.1 Å². The lowest BCUT2D eigenvalue weighted by atomic mass is 10.1. The molecule has 2 rings (SSSR count). The van der Waals surface area contributed by atoms with E-state index in [0.29, 0.717) is 14.3 Å². The highest BCUT2D eigenvalue weighted by Crippen LogP contribution is 2.24. The first kappa shape index (κ1) is 14.7. The Labute approximate surface area is 122 Å². The van der Waals surface area contributed by atoms with Gasteiger partial charge in [-0.3, -0.25) is 4.99 Å². The summed E-state index contributed by atoms with van der Waals surface area (Å²) >= 11 is 0. The summed E-state index contributed by atoms with van der Waals surface area (Å²) in [5.41, 5.74) is 4.47. The number of aliphatic imine (C=N–C) groups is 1. The first-order valence-electron chi connectivity index (χ1n) is 6.61. The molecule has 0 saturated carbocycles. The molecule has 0 bridgehead atoms. The zero-order valence-corrected chi connectivity index (χ0v) is 13.4. The van der Waals surface area contributed by atoms with E-state index in [1.165, 1.54) is 16.4 Å². The number of hydrogen-bond donors (Lipinski definition) is 1. The Hall–Kier alpha value is -1.66. The van der Waals surface area contributed by atoms with Crippen LogP contribution in [-0.4, -0.2) is 18.4 Å². The third-order valence-corrected chi connectivity index (χ3v) is 4.56. The number of nitrogens with zero attached hydrogens (tertiary/aromatic N) is 1. The Balaban J connectivity index is 2.45. The van der Waals surface area contributed by atoms with Gasteiger partial charge in [-0.25, -0.2) is 0 Å². The van der Waals surface area contributed by atoms with Gasteiger partial charge < -0.3 is 5.11 Å². The van der Waals surface area contributed by atoms with E-state index < -0.39 is 0 Å². The highest BCUT2D eigenvalue weighted by atomic mass is 31.1. The van der Waals surface area contributed by atoms with Crippen LogP contribution < -0.4 is 10.6 Å². The standard InChI is InChI=1S/C17H20NOP/c1-11-5-6-15(14(8-11)10-18-4)20-16-9-12(2)7-13(3)17(16)19/h5-10,19-20H,1-4H3/b18-10+. The van der Waals surface area contributed by atoms with Gasteiger partial charge in [-0.15, -0.1) is 0 Å². The highest BCUT2D eigenvalue weighted by Gasteiger charge is 2.09. The maximum absolute atomic E-state index is 10.2. The predicted octanol–water partition coefficient (Wildman–Crippen LogP) is 3.00. The molecule has 1 atom stereocenters. The van der Waals surface area contributed by atoms with Crippen LogP contribution in [-0.2, 0) is 0 Å². The number of benzene rings is 2. The molecule has 0 spiro atoms. The number of aryl methyl sites for hydroxylation is 3. The fraction of sp³-hybridized carbons (Fsp3) is 0.235. The molecular formula is C17H20NOP. The maximum atomic E-state index is 10.2. The number of phenols is 1. The first-order valence-corrected chi connectivity index (χ1v) is 7.61. The molecule has 0 saturated heterocycles. The molecule has 20 heavy (non-hydrogen) atoms. The molecule has 1 N–H and O–H groups in total. The van der Waals surface area contributed by atoms with Gasteiger partial charge in [0.15, 0.2) is 0 Å². The second-order valence-corrected chi connectivity index (χ2v) is 6.41. The van der Waals surface area contributed by atoms with Crippen molar-refractivity contribution in [1.29, 1.82) is 0 Å². The molecule has 0 aliphatic rings. The molecule has 0 fully saturated rings. The highest BCUT2D eigenvalue weighted by molar-refractivity contribution is 7.56. The second kappa shape index (κ2) is 6.19. The molecular weight excluding hydrogens is 265 g/mol. The quantitative estimate of drug-likeness (QED) is 0.682. The largest absolute Gasteiger partial charge is 0.507 e. The summed E-state index contributed by atoms with van der Waals surface area (Å²) in [4.78, 5) is 4.12. The van der Waals surface area contributed by atoms with Crippen molar-refractivity contribution in [2.45, 2.75) is 20.8 Å². The van der Waals surface area contributed by atoms with Gasteiger partial charge >= 0.3 is 0 Å². The van der Waals surface area contributed by atoms with Crippen LogP contribution in [0.3, 0.4) is 0 Å². The van der Waals surface area contributed by atoms with Crippen LogP contribution in [0.2, 0.25) is 0 Å². The fourth-order valence-electron chi connectivity index (χ4n) is 2.24. The average molecular weight is 285 g/mol. The summed E-state index contributed by atoms with van der Waals surface area (Å²) in [6, 6.07) is 10.4. The zero-order valence-electron chi connectivity index (χ0n) is 12.4. The van der Waals surface area contributed by atoms with Crippen molar-refractivity contribution in [1.82, 2.24) is 0 Å². The van der Waals surface area contributed by atoms with Crippen LogP contribution in [0.5, 0.6) is 5.75 Å². The summed E-state index contributed by atoms with van der Waals surface area (Å²) in [6.07, 6.45) is 1.88. The molecule has 0 aromatic heterocycles. The maximum Gasteiger partial charge on any atom is 0.126 e. The Kier molecular flexibility index (Phi) is 4.57. The van der Waals surface area contributed by atoms with E-state index in [1.807, 2.05) is 19.2 Å². The number of phenolic OH excluding ortho intramolecular Hbond substituents is 1. The van der Waals surface area contributed by atoms with Crippen molar-refractivity contribution < 1.29 is 5.11 Å². The lowest BCUT2D eigenvalue weighted by Crippen LogP contribution is -2.10. The number of hydrogen-bond acceptors (Lipinski definition) is 2. The van der Waals surface area contributed by atoms with Crippen molar-refractivity contribution in [2.24, 2.45) is 4.99 Å². The van der Waals surface area contributed by atoms with E-state index in [1.54, 1.807) is 7.05 Å². The molecule has 104 valence electrons. The Morgan fingerprint density at radius 2 is 1.75 bits per heavy atom. The number of rotatable bonds is 3. The SMILES string of the molecule is C/N=C/c1cc(C)ccc1Pc1cc(C)cc(C)c1O. The van der Waals surface area contributed by atoms with Gasteiger partial charge in [0.05, 0.1) is 0 Å². The van der Waals surface area contributed by atoms with Gasteiger partial charge in [-0.05, 0) is 49.3 Å². The third-order valence-electron chi connectivity index (χ3n) is 3.19. The van der Waals surface area contributed by atoms with Crippen molar-refractivity contribution in [3.8, 4) is 5.75 Å². The molecule has 1 unspecified atom stereocenters. The summed E-state index contributed by atoms with van der Waals surface area (Å²) in [7, 11) is 2.21. The van der Waals surface area contributed by atoms with Crippen LogP contribution in [0.25, 0.3) is 0 Å². The minimum atomic E-state index is 0.411. The second-order valence-electron chi connectivity index (χ2n) is 5.08. The topological polar surface area (TPSA) is 32.6 Å². The predicted molar refractivity (Wildman–Crippen MR) is 89.9 cm³/mol. The monoisotopic (exact) mass is 285 g/mol. The molecule has 2 aromatic carbocycles. The zero-order chi connectivity index (χ0) is 14.7. The van der Waals surface area contributed by atoms with E-state index in [4.69, 9.17) is 0 Å². The molecule has 0 aliphatic heterocycles. The molecule has 3 heteroatoms. The summed E-state index contributed by atoms with van der Waals surface area (Å²) < 4.78 is 0. The first-order chi connectivity index (χ1) is 9.51. The van der Waals surface area contributed by atoms with Crippen molar-refractivity contribution >= 4 is 25.4 Å². The van der Waals surface area contributed by atoms with Crippen LogP contribution in [0, 0.1) is 20.8 Å². The van der Waals surface area contributed by atoms with Crippen LogP contribution >= 0.6 is 8.58 Å². The van der Waals surface area contributed by atoms with Crippen molar-refractivity contribution in [2.75, 3.05) is 7.05 Å². The van der Waals surface area contributed by atoms with Crippen LogP contribution in [0.1, 0.15) is 22.3 Å². The Bertz CT molecular complexity index is 662. The van der Waals surface area contributed by atoms with Gasteiger partial charge in [0.25, 0.3) is 0 Å². The fourth-order valence-corrected chi connectivity index (χ4v) is 3.60. The molecule has 0 amide bonds. The van der Waals surface area contributed by atoms with Gasteiger partial charge in [0.1, 0.15) is 5.75 Å². The molecule has 0 aliphatic carbocycles. The molecule has 0 radical (unpaired) electrons. The van der Waals surface area contributed by atoms with E-state index in [9.17, 15) is 5.11 Å². The van der Waals surface area contributed by atoms with Crippen LogP contribution in [0.15, 0.2) is 35.3 Å². The molecule has 2 nitrogen and oxygen atoms in total. The average Bonchev–Trinajstić information content (AvgIpc) is 2.38. The normalized spacial score (nSPS) is 11.8. The van der Waals surface area contributed by atoms with Crippen molar-refractivity contribution in [3.05, 3.63) is 52.6 Å². The Morgan fingerprint density at radius 1 is 1.00 bits per heavy atom.